The minimum absolute atomic E-state index is 0. The van der Waals surface area contributed by atoms with Gasteiger partial charge in [0.2, 0.25) is 0 Å². The number of hydrogen-bond acceptors (Lipinski definition) is 1. The third-order valence-corrected chi connectivity index (χ3v) is 1.48. The van der Waals surface area contributed by atoms with Gasteiger partial charge in [0.15, 0.2) is 0 Å². The Morgan fingerprint density at radius 1 is 1.33 bits per heavy atom. The molecule has 0 aliphatic heterocycles. The van der Waals surface area contributed by atoms with Crippen LogP contribution in [-0.2, 0) is 6.42 Å². The summed E-state index contributed by atoms with van der Waals surface area (Å²) in [5, 5.41) is 8.87. The van der Waals surface area contributed by atoms with Crippen LogP contribution in [0.1, 0.15) is 12.5 Å². The topological polar surface area (TPSA) is 20.2 Å². The van der Waals surface area contributed by atoms with Gasteiger partial charge in [-0.25, -0.2) is 0 Å². The van der Waals surface area contributed by atoms with E-state index >= 15 is 0 Å². The van der Waals surface area contributed by atoms with Gasteiger partial charge < -0.3 is 5.11 Å². The molecular formula is C10H12AcO. The van der Waals surface area contributed by atoms with Crippen molar-refractivity contribution in [1.29, 1.82) is 0 Å². The maximum absolute atomic E-state index is 8.87. The van der Waals surface area contributed by atoms with Crippen molar-refractivity contribution in [3.63, 3.8) is 0 Å². The zero-order valence-electron chi connectivity index (χ0n) is 7.20. The van der Waals surface area contributed by atoms with E-state index in [0.29, 0.717) is 5.76 Å². The summed E-state index contributed by atoms with van der Waals surface area (Å²) in [5.41, 5.74) is 1.22. The summed E-state index contributed by atoms with van der Waals surface area (Å²) in [6.45, 7) is 1.68. The number of aliphatic hydroxyl groups is 1. The van der Waals surface area contributed by atoms with E-state index in [2.05, 4.69) is 0 Å². The maximum Gasteiger partial charge on any atom is 0.0855 e. The largest absolute Gasteiger partial charge is 0.513 e. The molecule has 0 unspecified atom stereocenters. The van der Waals surface area contributed by atoms with Gasteiger partial charge in [-0.1, -0.05) is 30.3 Å². The Balaban J connectivity index is 0.00000121. The average Bonchev–Trinajstić information content (AvgIpc) is 2.03. The summed E-state index contributed by atoms with van der Waals surface area (Å²) in [7, 11) is 0. The van der Waals surface area contributed by atoms with Crippen molar-refractivity contribution in [2.45, 2.75) is 13.3 Å². The van der Waals surface area contributed by atoms with Crippen molar-refractivity contribution in [2.24, 2.45) is 0 Å². The average molecular weight is 375 g/mol. The number of allylic oxidation sites excluding steroid dienone is 2. The van der Waals surface area contributed by atoms with Crippen molar-refractivity contribution < 1.29 is 49.2 Å². The van der Waals surface area contributed by atoms with E-state index in [1.165, 1.54) is 5.56 Å². The zero-order valence-corrected chi connectivity index (χ0v) is 11.9. The second kappa shape index (κ2) is 6.69. The summed E-state index contributed by atoms with van der Waals surface area (Å²) >= 11 is 0. The van der Waals surface area contributed by atoms with Crippen LogP contribution in [0.25, 0.3) is 0 Å². The molecule has 0 aliphatic rings. The quantitative estimate of drug-likeness (QED) is 0.789. The van der Waals surface area contributed by atoms with E-state index in [4.69, 9.17) is 5.11 Å². The first-order valence-electron chi connectivity index (χ1n) is 3.68. The van der Waals surface area contributed by atoms with Crippen LogP contribution in [-0.4, -0.2) is 5.11 Å². The van der Waals surface area contributed by atoms with Gasteiger partial charge in [0.1, 0.15) is 0 Å². The molecule has 0 saturated heterocycles. The van der Waals surface area contributed by atoms with Crippen molar-refractivity contribution >= 4 is 0 Å². The second-order valence-electron chi connectivity index (χ2n) is 2.54. The molecule has 12 heavy (non-hydrogen) atoms. The predicted molar refractivity (Wildman–Crippen MR) is 46.5 cm³/mol. The molecule has 0 aliphatic carbocycles. The molecule has 0 fully saturated rings. The third kappa shape index (κ3) is 4.96. The van der Waals surface area contributed by atoms with Crippen LogP contribution >= 0.6 is 0 Å². The van der Waals surface area contributed by atoms with E-state index in [1.54, 1.807) is 13.0 Å². The Labute approximate surface area is 109 Å². The molecule has 1 rings (SSSR count). The van der Waals surface area contributed by atoms with E-state index in [0.717, 1.165) is 6.42 Å². The Kier molecular flexibility index (Phi) is 6.80. The van der Waals surface area contributed by atoms with Crippen LogP contribution in [0.15, 0.2) is 42.2 Å². The number of benzene rings is 1. The van der Waals surface area contributed by atoms with Crippen molar-refractivity contribution in [1.82, 2.24) is 0 Å². The molecule has 2 heteroatoms. The molecule has 0 spiro atoms. The zero-order chi connectivity index (χ0) is 8.10. The number of rotatable bonds is 2. The molecule has 0 aromatic heterocycles. The predicted octanol–water partition coefficient (Wildman–Crippen LogP) is 2.69. The fourth-order valence-electron chi connectivity index (χ4n) is 0.880. The monoisotopic (exact) mass is 375 g/mol. The van der Waals surface area contributed by atoms with Gasteiger partial charge in [0, 0.05) is 44.1 Å². The van der Waals surface area contributed by atoms with Gasteiger partial charge in [-0.2, -0.15) is 0 Å². The first kappa shape index (κ1) is 12.2. The summed E-state index contributed by atoms with van der Waals surface area (Å²) in [6.07, 6.45) is 2.61. The van der Waals surface area contributed by atoms with E-state index in [1.807, 2.05) is 30.3 Å². The van der Waals surface area contributed by atoms with Crippen molar-refractivity contribution in [3.8, 4) is 0 Å². The number of aliphatic hydroxyl groups excluding tert-OH is 1. The number of hydrogen-bond donors (Lipinski definition) is 1. The Bertz CT molecular complexity index is 237. The molecule has 0 bridgehead atoms. The van der Waals surface area contributed by atoms with Crippen LogP contribution in [0.2, 0.25) is 0 Å². The summed E-state index contributed by atoms with van der Waals surface area (Å²) in [5.74, 6) is 0.383. The van der Waals surface area contributed by atoms with Crippen LogP contribution in [0.5, 0.6) is 0 Å². The van der Waals surface area contributed by atoms with Gasteiger partial charge in [0.05, 0.1) is 5.76 Å². The Morgan fingerprint density at radius 3 is 2.42 bits per heavy atom. The minimum Gasteiger partial charge on any atom is -0.513 e. The summed E-state index contributed by atoms with van der Waals surface area (Å²) < 4.78 is 0. The van der Waals surface area contributed by atoms with Crippen LogP contribution in [0, 0.1) is 44.1 Å². The van der Waals surface area contributed by atoms with Crippen LogP contribution < -0.4 is 0 Å². The SMILES string of the molecule is C/C(O)=C/Cc1ccccc1.[Ac]. The fraction of sp³-hybridized carbons (Fsp3) is 0.200. The summed E-state index contributed by atoms with van der Waals surface area (Å²) in [6, 6.07) is 10.1. The standard InChI is InChI=1S/C10H12O.Ac/c1-9(11)7-8-10-5-3-2-4-6-10;/h2-7,11H,8H2,1H3;/b9-7-;. The van der Waals surface area contributed by atoms with E-state index < -0.39 is 0 Å². The molecule has 1 aromatic carbocycles. The second-order valence-corrected chi connectivity index (χ2v) is 2.54. The smallest absolute Gasteiger partial charge is 0.0855 e. The molecule has 0 heterocycles. The molecule has 0 amide bonds. The first-order chi connectivity index (χ1) is 5.29. The fourth-order valence-corrected chi connectivity index (χ4v) is 0.880. The van der Waals surface area contributed by atoms with Crippen LogP contribution in [0.4, 0.5) is 0 Å². The molecule has 61 valence electrons. The minimum atomic E-state index is 0. The normalized spacial score (nSPS) is 10.6. The molecule has 1 aromatic rings. The Morgan fingerprint density at radius 2 is 1.92 bits per heavy atom. The molecule has 1 N–H and O–H groups in total. The van der Waals surface area contributed by atoms with Gasteiger partial charge in [0.25, 0.3) is 0 Å². The Hall–Kier alpha value is 0.202. The maximum atomic E-state index is 8.87. The molecule has 0 saturated carbocycles. The summed E-state index contributed by atoms with van der Waals surface area (Å²) in [4.78, 5) is 0. The molecule has 1 nitrogen and oxygen atoms in total. The van der Waals surface area contributed by atoms with Gasteiger partial charge in [-0.15, -0.1) is 0 Å². The van der Waals surface area contributed by atoms with E-state index in [9.17, 15) is 0 Å². The molecular weight excluding hydrogens is 363 g/mol. The van der Waals surface area contributed by atoms with Gasteiger partial charge in [-0.3, -0.25) is 0 Å². The van der Waals surface area contributed by atoms with Gasteiger partial charge >= 0.3 is 0 Å². The molecule has 1 radical (unpaired) electrons. The van der Waals surface area contributed by atoms with Crippen molar-refractivity contribution in [3.05, 3.63) is 47.7 Å². The first-order valence-corrected chi connectivity index (χ1v) is 3.68. The molecule has 0 atom stereocenters. The van der Waals surface area contributed by atoms with Gasteiger partial charge in [-0.05, 0) is 25.0 Å². The van der Waals surface area contributed by atoms with Crippen molar-refractivity contribution in [2.75, 3.05) is 0 Å². The van der Waals surface area contributed by atoms with Crippen LogP contribution in [0.3, 0.4) is 0 Å². The third-order valence-electron chi connectivity index (χ3n) is 1.48. The van der Waals surface area contributed by atoms with E-state index in [-0.39, 0.29) is 44.1 Å².